The predicted octanol–water partition coefficient (Wildman–Crippen LogP) is 2.41. The van der Waals surface area contributed by atoms with Gasteiger partial charge >= 0.3 is 5.97 Å². The standard InChI is InChI=1S/C14H23NO2/c16-14(17)10-4-6-11(7-5-10)15-13-8-12(13)9-2-1-3-9/h9-13,15H,1-8H2,(H,16,17)/t10?,11?,12-,13+/m0/s1. The van der Waals surface area contributed by atoms with E-state index < -0.39 is 5.97 Å². The van der Waals surface area contributed by atoms with Crippen LogP contribution in [0.25, 0.3) is 0 Å². The molecule has 0 unspecified atom stereocenters. The Hall–Kier alpha value is -0.570. The number of hydrogen-bond donors (Lipinski definition) is 2. The number of carboxylic acid groups (broad SMARTS) is 1. The number of rotatable bonds is 4. The Labute approximate surface area is 103 Å². The minimum absolute atomic E-state index is 0.0744. The lowest BCUT2D eigenvalue weighted by Crippen LogP contribution is -2.37. The summed E-state index contributed by atoms with van der Waals surface area (Å²) >= 11 is 0. The molecule has 3 saturated carbocycles. The first kappa shape index (κ1) is 11.5. The molecule has 3 nitrogen and oxygen atoms in total. The Bertz CT molecular complexity index is 293. The average Bonchev–Trinajstić information content (AvgIpc) is 2.95. The first-order valence-electron chi connectivity index (χ1n) is 7.23. The molecule has 0 aromatic heterocycles. The van der Waals surface area contributed by atoms with Gasteiger partial charge in [-0.15, -0.1) is 0 Å². The van der Waals surface area contributed by atoms with E-state index in [9.17, 15) is 4.79 Å². The van der Waals surface area contributed by atoms with E-state index in [1.165, 1.54) is 25.7 Å². The molecule has 96 valence electrons. The van der Waals surface area contributed by atoms with Crippen LogP contribution >= 0.6 is 0 Å². The SMILES string of the molecule is O=C(O)C1CCC(N[C@@H]2C[C@H]2C2CCC2)CC1. The van der Waals surface area contributed by atoms with Crippen molar-refractivity contribution in [3.05, 3.63) is 0 Å². The molecule has 3 fully saturated rings. The molecule has 3 aliphatic carbocycles. The molecule has 0 spiro atoms. The van der Waals surface area contributed by atoms with Gasteiger partial charge in [0.05, 0.1) is 5.92 Å². The van der Waals surface area contributed by atoms with Crippen LogP contribution in [-0.4, -0.2) is 23.2 Å². The summed E-state index contributed by atoms with van der Waals surface area (Å²) in [7, 11) is 0. The fraction of sp³-hybridized carbons (Fsp3) is 0.929. The Balaban J connectivity index is 1.38. The molecule has 0 aromatic carbocycles. The third kappa shape index (κ3) is 2.49. The van der Waals surface area contributed by atoms with Crippen LogP contribution in [0.3, 0.4) is 0 Å². The van der Waals surface area contributed by atoms with E-state index in [2.05, 4.69) is 5.32 Å². The second-order valence-corrected chi connectivity index (χ2v) is 6.25. The Kier molecular flexibility index (Phi) is 3.12. The molecule has 0 bridgehead atoms. The summed E-state index contributed by atoms with van der Waals surface area (Å²) < 4.78 is 0. The molecule has 0 aromatic rings. The van der Waals surface area contributed by atoms with Gasteiger partial charge in [0.15, 0.2) is 0 Å². The fourth-order valence-electron chi connectivity index (χ4n) is 3.61. The van der Waals surface area contributed by atoms with Gasteiger partial charge in [-0.2, -0.15) is 0 Å². The normalized spacial score (nSPS) is 41.9. The summed E-state index contributed by atoms with van der Waals surface area (Å²) in [5.41, 5.74) is 0. The zero-order valence-electron chi connectivity index (χ0n) is 10.4. The summed E-state index contributed by atoms with van der Waals surface area (Å²) in [6.45, 7) is 0. The van der Waals surface area contributed by atoms with Crippen molar-refractivity contribution in [2.24, 2.45) is 17.8 Å². The van der Waals surface area contributed by atoms with Crippen molar-refractivity contribution in [1.29, 1.82) is 0 Å². The van der Waals surface area contributed by atoms with Crippen LogP contribution in [-0.2, 0) is 4.79 Å². The number of carbonyl (C=O) groups is 1. The summed E-state index contributed by atoms with van der Waals surface area (Å²) in [5.74, 6) is 1.31. The first-order chi connectivity index (χ1) is 8.24. The minimum Gasteiger partial charge on any atom is -0.481 e. The van der Waals surface area contributed by atoms with Crippen molar-refractivity contribution in [3.63, 3.8) is 0 Å². The fourth-order valence-corrected chi connectivity index (χ4v) is 3.61. The van der Waals surface area contributed by atoms with Crippen LogP contribution in [0.1, 0.15) is 51.4 Å². The third-order valence-electron chi connectivity index (χ3n) is 5.12. The summed E-state index contributed by atoms with van der Waals surface area (Å²) in [6, 6.07) is 1.37. The Morgan fingerprint density at radius 2 is 1.76 bits per heavy atom. The van der Waals surface area contributed by atoms with Crippen LogP contribution < -0.4 is 5.32 Å². The van der Waals surface area contributed by atoms with E-state index in [0.29, 0.717) is 6.04 Å². The molecule has 2 N–H and O–H groups in total. The van der Waals surface area contributed by atoms with Crippen LogP contribution in [0.15, 0.2) is 0 Å². The molecule has 0 aliphatic heterocycles. The van der Waals surface area contributed by atoms with E-state index in [1.807, 2.05) is 0 Å². The second kappa shape index (κ2) is 4.60. The molecule has 0 radical (unpaired) electrons. The smallest absolute Gasteiger partial charge is 0.306 e. The largest absolute Gasteiger partial charge is 0.481 e. The number of carboxylic acids is 1. The summed E-state index contributed by atoms with van der Waals surface area (Å²) in [6.07, 6.45) is 9.58. The average molecular weight is 237 g/mol. The quantitative estimate of drug-likeness (QED) is 0.789. The molecule has 3 rings (SSSR count). The zero-order valence-corrected chi connectivity index (χ0v) is 10.4. The predicted molar refractivity (Wildman–Crippen MR) is 65.8 cm³/mol. The molecule has 0 saturated heterocycles. The number of aliphatic carboxylic acids is 1. The maximum atomic E-state index is 10.9. The Morgan fingerprint density at radius 3 is 2.29 bits per heavy atom. The van der Waals surface area contributed by atoms with Gasteiger partial charge < -0.3 is 10.4 Å². The van der Waals surface area contributed by atoms with E-state index in [1.54, 1.807) is 0 Å². The van der Waals surface area contributed by atoms with Crippen LogP contribution in [0.5, 0.6) is 0 Å². The van der Waals surface area contributed by atoms with Gasteiger partial charge in [-0.25, -0.2) is 0 Å². The van der Waals surface area contributed by atoms with Crippen molar-refractivity contribution in [2.45, 2.75) is 63.5 Å². The van der Waals surface area contributed by atoms with Gasteiger partial charge in [-0.1, -0.05) is 19.3 Å². The molecular weight excluding hydrogens is 214 g/mol. The maximum absolute atomic E-state index is 10.9. The highest BCUT2D eigenvalue weighted by Crippen LogP contribution is 2.47. The maximum Gasteiger partial charge on any atom is 0.306 e. The lowest BCUT2D eigenvalue weighted by atomic mass is 9.81. The number of hydrogen-bond acceptors (Lipinski definition) is 2. The highest BCUT2D eigenvalue weighted by molar-refractivity contribution is 5.70. The molecule has 3 aliphatic rings. The lowest BCUT2D eigenvalue weighted by molar-refractivity contribution is -0.142. The van der Waals surface area contributed by atoms with E-state index in [-0.39, 0.29) is 5.92 Å². The van der Waals surface area contributed by atoms with Crippen molar-refractivity contribution in [1.82, 2.24) is 5.32 Å². The minimum atomic E-state index is -0.595. The molecule has 0 heterocycles. The van der Waals surface area contributed by atoms with Gasteiger partial charge in [-0.05, 0) is 43.9 Å². The van der Waals surface area contributed by atoms with E-state index >= 15 is 0 Å². The van der Waals surface area contributed by atoms with Gasteiger partial charge in [0.25, 0.3) is 0 Å². The Morgan fingerprint density at radius 1 is 1.06 bits per heavy atom. The van der Waals surface area contributed by atoms with Gasteiger partial charge in [0, 0.05) is 12.1 Å². The van der Waals surface area contributed by atoms with Crippen molar-refractivity contribution < 1.29 is 9.90 Å². The van der Waals surface area contributed by atoms with Crippen molar-refractivity contribution in [2.75, 3.05) is 0 Å². The first-order valence-corrected chi connectivity index (χ1v) is 7.23. The topological polar surface area (TPSA) is 49.3 Å². The molecule has 3 heteroatoms. The van der Waals surface area contributed by atoms with Gasteiger partial charge in [0.1, 0.15) is 0 Å². The monoisotopic (exact) mass is 237 g/mol. The van der Waals surface area contributed by atoms with Crippen molar-refractivity contribution in [3.8, 4) is 0 Å². The van der Waals surface area contributed by atoms with Crippen LogP contribution in [0.2, 0.25) is 0 Å². The van der Waals surface area contributed by atoms with Crippen LogP contribution in [0.4, 0.5) is 0 Å². The van der Waals surface area contributed by atoms with Gasteiger partial charge in [0.2, 0.25) is 0 Å². The molecule has 0 amide bonds. The lowest BCUT2D eigenvalue weighted by Gasteiger charge is -2.29. The van der Waals surface area contributed by atoms with Gasteiger partial charge in [-0.3, -0.25) is 4.79 Å². The highest BCUT2D eigenvalue weighted by Gasteiger charge is 2.45. The zero-order chi connectivity index (χ0) is 11.8. The van der Waals surface area contributed by atoms with E-state index in [4.69, 9.17) is 5.11 Å². The molecular formula is C14H23NO2. The summed E-state index contributed by atoms with van der Waals surface area (Å²) in [4.78, 5) is 10.9. The third-order valence-corrected chi connectivity index (χ3v) is 5.12. The van der Waals surface area contributed by atoms with E-state index in [0.717, 1.165) is 43.6 Å². The number of nitrogens with one attached hydrogen (secondary N) is 1. The van der Waals surface area contributed by atoms with Crippen molar-refractivity contribution >= 4 is 5.97 Å². The van der Waals surface area contributed by atoms with Crippen LogP contribution in [0, 0.1) is 17.8 Å². The second-order valence-electron chi connectivity index (χ2n) is 6.25. The molecule has 17 heavy (non-hydrogen) atoms. The summed E-state index contributed by atoms with van der Waals surface area (Å²) in [5, 5.41) is 12.7. The molecule has 2 atom stereocenters. The highest BCUT2D eigenvalue weighted by atomic mass is 16.4.